The molecule has 19 heavy (non-hydrogen) atoms. The van der Waals surface area contributed by atoms with Crippen LogP contribution in [0.5, 0.6) is 0 Å². The Morgan fingerprint density at radius 1 is 1.21 bits per heavy atom. The molecule has 96 valence electrons. The van der Waals surface area contributed by atoms with Gasteiger partial charge in [0.05, 0.1) is 11.1 Å². The summed E-state index contributed by atoms with van der Waals surface area (Å²) in [6.07, 6.45) is 3.47. The number of hydrogen-bond acceptors (Lipinski definition) is 3. The highest BCUT2D eigenvalue weighted by Gasteiger charge is 2.03. The summed E-state index contributed by atoms with van der Waals surface area (Å²) in [6.45, 7) is 0. The summed E-state index contributed by atoms with van der Waals surface area (Å²) in [5.41, 5.74) is 3.53. The molecule has 0 aliphatic carbocycles. The first-order chi connectivity index (χ1) is 9.25. The van der Waals surface area contributed by atoms with Crippen molar-refractivity contribution < 1.29 is 4.79 Å². The summed E-state index contributed by atoms with van der Waals surface area (Å²) >= 11 is 4.76. The maximum atomic E-state index is 11.6. The molecule has 0 atom stereocenters. The molecular formula is C14H11BrN2OS. The lowest BCUT2D eigenvalue weighted by molar-refractivity contribution is 0.0959. The fourth-order valence-corrected chi connectivity index (χ4v) is 2.34. The van der Waals surface area contributed by atoms with Crippen molar-refractivity contribution in [2.24, 2.45) is 5.10 Å². The summed E-state index contributed by atoms with van der Waals surface area (Å²) in [4.78, 5) is 12.2. The van der Waals surface area contributed by atoms with E-state index in [9.17, 15) is 4.79 Å². The minimum atomic E-state index is -0.203. The molecule has 0 spiro atoms. The van der Waals surface area contributed by atoms with Crippen molar-refractivity contribution in [3.05, 3.63) is 62.8 Å². The molecule has 2 aromatic rings. The number of rotatable bonds is 4. The van der Waals surface area contributed by atoms with E-state index in [1.54, 1.807) is 12.3 Å². The molecule has 0 aliphatic heterocycles. The number of thiophene rings is 1. The lowest BCUT2D eigenvalue weighted by Crippen LogP contribution is -2.15. The molecule has 3 nitrogen and oxygen atoms in total. The first-order valence-corrected chi connectivity index (χ1v) is 7.22. The molecule has 0 bridgehead atoms. The second-order valence-corrected chi connectivity index (χ2v) is 5.48. The van der Waals surface area contributed by atoms with Gasteiger partial charge >= 0.3 is 0 Å². The molecule has 1 aromatic carbocycles. The Morgan fingerprint density at radius 3 is 2.68 bits per heavy atom. The van der Waals surface area contributed by atoms with Gasteiger partial charge in [-0.2, -0.15) is 5.10 Å². The van der Waals surface area contributed by atoms with E-state index >= 15 is 0 Å². The van der Waals surface area contributed by atoms with Gasteiger partial charge in [-0.1, -0.05) is 36.4 Å². The van der Waals surface area contributed by atoms with Crippen LogP contribution in [0.25, 0.3) is 6.08 Å². The number of amides is 1. The molecule has 1 aromatic heterocycles. The van der Waals surface area contributed by atoms with Crippen molar-refractivity contribution >= 4 is 45.5 Å². The van der Waals surface area contributed by atoms with Crippen molar-refractivity contribution in [1.82, 2.24) is 5.43 Å². The van der Waals surface area contributed by atoms with Gasteiger partial charge in [-0.3, -0.25) is 4.79 Å². The van der Waals surface area contributed by atoms with E-state index < -0.39 is 0 Å². The summed E-state index contributed by atoms with van der Waals surface area (Å²) in [6, 6.07) is 13.4. The van der Waals surface area contributed by atoms with Crippen molar-refractivity contribution in [2.45, 2.75) is 0 Å². The highest BCUT2D eigenvalue weighted by Crippen LogP contribution is 2.10. The third-order valence-electron chi connectivity index (χ3n) is 2.20. The molecule has 1 N–H and O–H groups in total. The number of hydrogen-bond donors (Lipinski definition) is 1. The van der Waals surface area contributed by atoms with Crippen molar-refractivity contribution in [3.63, 3.8) is 0 Å². The smallest absolute Gasteiger partial charge is 0.266 e. The number of carbonyl (C=O) groups is 1. The van der Waals surface area contributed by atoms with E-state index in [0.29, 0.717) is 4.88 Å². The Kier molecular flexibility index (Phi) is 5.06. The zero-order valence-corrected chi connectivity index (χ0v) is 12.3. The minimum Gasteiger partial charge on any atom is -0.266 e. The van der Waals surface area contributed by atoms with Gasteiger partial charge in [-0.25, -0.2) is 5.43 Å². The molecule has 5 heteroatoms. The Balaban J connectivity index is 1.92. The Labute approximate surface area is 123 Å². The minimum absolute atomic E-state index is 0.203. The first-order valence-electron chi connectivity index (χ1n) is 5.55. The van der Waals surface area contributed by atoms with Crippen LogP contribution in [0, 0.1) is 0 Å². The number of hydrazone groups is 1. The van der Waals surface area contributed by atoms with Crippen LogP contribution in [0.2, 0.25) is 0 Å². The van der Waals surface area contributed by atoms with Crippen molar-refractivity contribution in [3.8, 4) is 0 Å². The Morgan fingerprint density at radius 2 is 2.00 bits per heavy atom. The van der Waals surface area contributed by atoms with Crippen LogP contribution in [-0.4, -0.2) is 12.1 Å². The van der Waals surface area contributed by atoms with Gasteiger partial charge in [0, 0.05) is 4.48 Å². The summed E-state index contributed by atoms with van der Waals surface area (Å²) in [7, 11) is 0. The van der Waals surface area contributed by atoms with Crippen LogP contribution >= 0.6 is 27.3 Å². The third-order valence-corrected chi connectivity index (χ3v) is 3.51. The van der Waals surface area contributed by atoms with Gasteiger partial charge in [0.15, 0.2) is 0 Å². The topological polar surface area (TPSA) is 41.5 Å². The van der Waals surface area contributed by atoms with E-state index in [1.165, 1.54) is 11.3 Å². The summed E-state index contributed by atoms with van der Waals surface area (Å²) < 4.78 is 0.783. The SMILES string of the molecule is O=C(N/N=C/C(Br)=C\c1ccccc1)c1cccs1. The molecule has 0 fully saturated rings. The molecule has 0 saturated carbocycles. The highest BCUT2D eigenvalue weighted by molar-refractivity contribution is 9.12. The molecule has 0 unspecified atom stereocenters. The number of benzene rings is 1. The second kappa shape index (κ2) is 7.01. The van der Waals surface area contributed by atoms with Crippen LogP contribution < -0.4 is 5.43 Å². The molecule has 0 radical (unpaired) electrons. The van der Waals surface area contributed by atoms with Gasteiger partial charge in [0.2, 0.25) is 0 Å². The Hall–Kier alpha value is -1.72. The quantitative estimate of drug-likeness (QED) is 0.668. The second-order valence-electron chi connectivity index (χ2n) is 3.62. The van der Waals surface area contributed by atoms with E-state index in [2.05, 4.69) is 26.5 Å². The van der Waals surface area contributed by atoms with Crippen LogP contribution in [0.1, 0.15) is 15.2 Å². The van der Waals surface area contributed by atoms with Gasteiger partial charge in [-0.05, 0) is 39.0 Å². The fraction of sp³-hybridized carbons (Fsp3) is 0. The molecule has 0 saturated heterocycles. The number of allylic oxidation sites excluding steroid dienone is 1. The highest BCUT2D eigenvalue weighted by atomic mass is 79.9. The molecule has 1 amide bonds. The predicted molar refractivity (Wildman–Crippen MR) is 83.6 cm³/mol. The van der Waals surface area contributed by atoms with Crippen molar-refractivity contribution in [1.29, 1.82) is 0 Å². The summed E-state index contributed by atoms with van der Waals surface area (Å²) in [5, 5.41) is 5.74. The van der Waals surface area contributed by atoms with Crippen LogP contribution in [0.4, 0.5) is 0 Å². The predicted octanol–water partition coefficient (Wildman–Crippen LogP) is 3.90. The molecular weight excluding hydrogens is 324 g/mol. The van der Waals surface area contributed by atoms with Gasteiger partial charge in [0.25, 0.3) is 5.91 Å². The van der Waals surface area contributed by atoms with E-state index in [4.69, 9.17) is 0 Å². The van der Waals surface area contributed by atoms with E-state index in [-0.39, 0.29) is 5.91 Å². The van der Waals surface area contributed by atoms with Crippen LogP contribution in [0.15, 0.2) is 57.4 Å². The van der Waals surface area contributed by atoms with Crippen LogP contribution in [0.3, 0.4) is 0 Å². The number of halogens is 1. The molecule has 0 aliphatic rings. The third kappa shape index (κ3) is 4.46. The lowest BCUT2D eigenvalue weighted by Gasteiger charge is -1.95. The lowest BCUT2D eigenvalue weighted by atomic mass is 10.2. The summed E-state index contributed by atoms with van der Waals surface area (Å²) in [5.74, 6) is -0.203. The van der Waals surface area contributed by atoms with Crippen molar-refractivity contribution in [2.75, 3.05) is 0 Å². The standard InChI is InChI=1S/C14H11BrN2OS/c15-12(9-11-5-2-1-3-6-11)10-16-17-14(18)13-7-4-8-19-13/h1-10H,(H,17,18)/b12-9+,16-10+. The Bertz CT molecular complexity index is 591. The fourth-order valence-electron chi connectivity index (χ4n) is 1.36. The van der Waals surface area contributed by atoms with Crippen LogP contribution in [-0.2, 0) is 0 Å². The monoisotopic (exact) mass is 334 g/mol. The largest absolute Gasteiger partial charge is 0.281 e. The van der Waals surface area contributed by atoms with Gasteiger partial charge in [-0.15, -0.1) is 11.3 Å². The number of carbonyl (C=O) groups excluding carboxylic acids is 1. The average Bonchev–Trinajstić information content (AvgIpc) is 2.93. The van der Waals surface area contributed by atoms with Gasteiger partial charge in [0.1, 0.15) is 0 Å². The maximum Gasteiger partial charge on any atom is 0.281 e. The van der Waals surface area contributed by atoms with E-state index in [0.717, 1.165) is 10.0 Å². The molecule has 2 rings (SSSR count). The molecule has 1 heterocycles. The number of nitrogens with zero attached hydrogens (tertiary/aromatic N) is 1. The first kappa shape index (κ1) is 13.7. The maximum absolute atomic E-state index is 11.6. The number of nitrogens with one attached hydrogen (secondary N) is 1. The normalized spacial score (nSPS) is 11.7. The zero-order valence-electron chi connectivity index (χ0n) is 9.92. The van der Waals surface area contributed by atoms with Gasteiger partial charge < -0.3 is 0 Å². The van der Waals surface area contributed by atoms with E-state index in [1.807, 2.05) is 47.9 Å². The average molecular weight is 335 g/mol. The zero-order chi connectivity index (χ0) is 13.5.